The largest absolute Gasteiger partial charge is 0.413 e. The Balaban J connectivity index is 3.03. The maximum Gasteiger partial charge on any atom is 0.192 e. The zero-order chi connectivity index (χ0) is 24.3. The first-order valence-electron chi connectivity index (χ1n) is 11.4. The summed E-state index contributed by atoms with van der Waals surface area (Å²) in [6.45, 7) is 30.2. The minimum absolute atomic E-state index is 0.0609. The van der Waals surface area contributed by atoms with E-state index in [1.165, 1.54) is 11.1 Å². The van der Waals surface area contributed by atoms with E-state index in [1.54, 1.807) is 11.3 Å². The summed E-state index contributed by atoms with van der Waals surface area (Å²) < 4.78 is 13.3. The van der Waals surface area contributed by atoms with E-state index in [4.69, 9.17) is 8.85 Å². The number of aromatic nitrogens is 1. The normalized spacial score (nSPS) is 16.0. The van der Waals surface area contributed by atoms with Crippen molar-refractivity contribution in [3.05, 3.63) is 33.3 Å². The standard InChI is InChI=1S/C25H47NO2SSi2/c1-19(17-27-30(10,11)24(4,5)6)14-15-23(28-31(12,13)25(7,8)9)20(2)16-22-18-29-21(3)26-22/h14,16,18,23H,15,17H2,1-13H3/b19-14+,20-16+/t23-/m0/s1. The Labute approximate surface area is 198 Å². The van der Waals surface area contributed by atoms with Crippen molar-refractivity contribution in [1.29, 1.82) is 0 Å². The summed E-state index contributed by atoms with van der Waals surface area (Å²) in [4.78, 5) is 4.62. The van der Waals surface area contributed by atoms with Crippen molar-refractivity contribution in [3.8, 4) is 0 Å². The van der Waals surface area contributed by atoms with Gasteiger partial charge in [-0.05, 0) is 75.1 Å². The molecule has 0 fully saturated rings. The molecular weight excluding hydrogens is 435 g/mol. The number of hydrogen-bond donors (Lipinski definition) is 0. The van der Waals surface area contributed by atoms with E-state index in [1.807, 2.05) is 0 Å². The Kier molecular flexibility index (Phi) is 9.74. The van der Waals surface area contributed by atoms with Crippen molar-refractivity contribution >= 4 is 34.0 Å². The Hall–Kier alpha value is -0.536. The van der Waals surface area contributed by atoms with Crippen LogP contribution in [0.25, 0.3) is 6.08 Å². The number of rotatable bonds is 9. The van der Waals surface area contributed by atoms with Gasteiger partial charge in [0.15, 0.2) is 16.6 Å². The second-order valence-corrected chi connectivity index (χ2v) is 22.5. The molecule has 1 aromatic rings. The first kappa shape index (κ1) is 28.5. The van der Waals surface area contributed by atoms with E-state index in [0.29, 0.717) is 6.61 Å². The zero-order valence-electron chi connectivity index (χ0n) is 22.4. The van der Waals surface area contributed by atoms with Crippen LogP contribution in [0, 0.1) is 6.92 Å². The smallest absolute Gasteiger partial charge is 0.192 e. The Morgan fingerprint density at radius 2 is 1.58 bits per heavy atom. The predicted octanol–water partition coefficient (Wildman–Crippen LogP) is 8.60. The summed E-state index contributed by atoms with van der Waals surface area (Å²) in [5.74, 6) is 0. The lowest BCUT2D eigenvalue weighted by Gasteiger charge is -2.39. The van der Waals surface area contributed by atoms with Crippen LogP contribution in [0.15, 0.2) is 22.6 Å². The van der Waals surface area contributed by atoms with Gasteiger partial charge in [-0.25, -0.2) is 4.98 Å². The fraction of sp³-hybridized carbons (Fsp3) is 0.720. The van der Waals surface area contributed by atoms with Crippen molar-refractivity contribution in [1.82, 2.24) is 4.98 Å². The maximum atomic E-state index is 6.86. The van der Waals surface area contributed by atoms with Gasteiger partial charge in [0.05, 0.1) is 23.4 Å². The Morgan fingerprint density at radius 1 is 1.03 bits per heavy atom. The van der Waals surface area contributed by atoms with Gasteiger partial charge >= 0.3 is 0 Å². The summed E-state index contributed by atoms with van der Waals surface area (Å²) in [5.41, 5.74) is 3.56. The van der Waals surface area contributed by atoms with Gasteiger partial charge in [0, 0.05) is 5.38 Å². The molecule has 0 amide bonds. The zero-order valence-corrected chi connectivity index (χ0v) is 25.2. The SMILES string of the molecule is C/C(=C\C[C@H](O[Si](C)(C)C(C)(C)C)/C(C)=C/c1csc(C)n1)CO[Si](C)(C)C(C)(C)C. The van der Waals surface area contributed by atoms with Crippen LogP contribution in [-0.4, -0.2) is 34.3 Å². The fourth-order valence-electron chi connectivity index (χ4n) is 2.51. The van der Waals surface area contributed by atoms with Crippen LogP contribution in [0.5, 0.6) is 0 Å². The number of hydrogen-bond acceptors (Lipinski definition) is 4. The van der Waals surface area contributed by atoms with Crippen molar-refractivity contribution < 1.29 is 8.85 Å². The number of thiazole rings is 1. The highest BCUT2D eigenvalue weighted by Gasteiger charge is 2.39. The molecule has 0 radical (unpaired) electrons. The maximum absolute atomic E-state index is 6.86. The van der Waals surface area contributed by atoms with E-state index in [0.717, 1.165) is 17.1 Å². The molecule has 0 aliphatic rings. The average Bonchev–Trinajstić information content (AvgIpc) is 2.99. The molecule has 0 aliphatic carbocycles. The quantitative estimate of drug-likeness (QED) is 0.261. The van der Waals surface area contributed by atoms with Gasteiger partial charge in [-0.15, -0.1) is 11.3 Å². The second kappa shape index (κ2) is 10.6. The molecule has 31 heavy (non-hydrogen) atoms. The molecule has 0 saturated carbocycles. The van der Waals surface area contributed by atoms with E-state index >= 15 is 0 Å². The first-order valence-corrected chi connectivity index (χ1v) is 18.1. The number of nitrogens with zero attached hydrogens (tertiary/aromatic N) is 1. The summed E-state index contributed by atoms with van der Waals surface area (Å²) >= 11 is 1.69. The van der Waals surface area contributed by atoms with Gasteiger partial charge in [0.25, 0.3) is 0 Å². The van der Waals surface area contributed by atoms with Crippen LogP contribution in [0.1, 0.15) is 72.5 Å². The molecule has 1 aromatic heterocycles. The van der Waals surface area contributed by atoms with Crippen LogP contribution in [0.3, 0.4) is 0 Å². The first-order chi connectivity index (χ1) is 13.9. The highest BCUT2D eigenvalue weighted by molar-refractivity contribution is 7.09. The second-order valence-electron chi connectivity index (χ2n) is 11.9. The molecule has 0 bridgehead atoms. The van der Waals surface area contributed by atoms with E-state index in [2.05, 4.69) is 111 Å². The lowest BCUT2D eigenvalue weighted by molar-refractivity contribution is 0.217. The van der Waals surface area contributed by atoms with E-state index in [9.17, 15) is 0 Å². The lowest BCUT2D eigenvalue weighted by Crippen LogP contribution is -2.44. The molecule has 1 rings (SSSR count). The van der Waals surface area contributed by atoms with Gasteiger partial charge in [-0.3, -0.25) is 0 Å². The minimum Gasteiger partial charge on any atom is -0.413 e. The van der Waals surface area contributed by atoms with Gasteiger partial charge in [0.2, 0.25) is 0 Å². The van der Waals surface area contributed by atoms with E-state index in [-0.39, 0.29) is 16.2 Å². The molecule has 178 valence electrons. The average molecular weight is 482 g/mol. The van der Waals surface area contributed by atoms with Crippen molar-refractivity contribution in [2.24, 2.45) is 0 Å². The third kappa shape index (κ3) is 8.73. The molecule has 6 heteroatoms. The van der Waals surface area contributed by atoms with Crippen molar-refractivity contribution in [2.45, 2.75) is 111 Å². The van der Waals surface area contributed by atoms with Crippen LogP contribution in [-0.2, 0) is 8.85 Å². The van der Waals surface area contributed by atoms with E-state index < -0.39 is 16.6 Å². The number of aryl methyl sites for hydroxylation is 1. The van der Waals surface area contributed by atoms with Gasteiger partial charge in [0.1, 0.15) is 0 Å². The van der Waals surface area contributed by atoms with Crippen molar-refractivity contribution in [3.63, 3.8) is 0 Å². The molecule has 0 saturated heterocycles. The Morgan fingerprint density at radius 3 is 2.03 bits per heavy atom. The van der Waals surface area contributed by atoms with Crippen LogP contribution < -0.4 is 0 Å². The topological polar surface area (TPSA) is 31.4 Å². The molecule has 0 aliphatic heterocycles. The monoisotopic (exact) mass is 481 g/mol. The summed E-state index contributed by atoms with van der Waals surface area (Å²) in [5, 5.41) is 3.62. The predicted molar refractivity (Wildman–Crippen MR) is 144 cm³/mol. The molecule has 0 unspecified atom stereocenters. The summed E-state index contributed by atoms with van der Waals surface area (Å²) in [6, 6.07) is 0. The molecule has 3 nitrogen and oxygen atoms in total. The Bertz CT molecular complexity index is 780. The van der Waals surface area contributed by atoms with Gasteiger partial charge < -0.3 is 8.85 Å². The highest BCUT2D eigenvalue weighted by Crippen LogP contribution is 2.39. The van der Waals surface area contributed by atoms with Crippen LogP contribution in [0.4, 0.5) is 0 Å². The molecule has 0 N–H and O–H groups in total. The molecular formula is C25H47NO2SSi2. The highest BCUT2D eigenvalue weighted by atomic mass is 32.1. The third-order valence-corrected chi connectivity index (χ3v) is 16.7. The lowest BCUT2D eigenvalue weighted by atomic mass is 10.1. The van der Waals surface area contributed by atoms with Crippen LogP contribution >= 0.6 is 11.3 Å². The van der Waals surface area contributed by atoms with Gasteiger partial charge in [-0.1, -0.05) is 53.2 Å². The summed E-state index contributed by atoms with van der Waals surface area (Å²) in [7, 11) is -3.64. The van der Waals surface area contributed by atoms with Crippen LogP contribution in [0.2, 0.25) is 36.3 Å². The fourth-order valence-corrected chi connectivity index (χ4v) is 5.45. The molecule has 1 atom stereocenters. The van der Waals surface area contributed by atoms with Gasteiger partial charge in [-0.2, -0.15) is 0 Å². The molecule has 1 heterocycles. The molecule has 0 aromatic carbocycles. The summed E-state index contributed by atoms with van der Waals surface area (Å²) in [6.07, 6.45) is 5.43. The van der Waals surface area contributed by atoms with Crippen molar-refractivity contribution in [2.75, 3.05) is 6.61 Å². The third-order valence-electron chi connectivity index (χ3n) is 6.91. The molecule has 0 spiro atoms. The minimum atomic E-state index is -1.90.